The molecule has 3 aromatic carbocycles. The second-order valence-electron chi connectivity index (χ2n) is 9.64. The molecule has 2 heterocycles. The molecule has 1 amide bonds. The zero-order chi connectivity index (χ0) is 26.5. The maximum Gasteiger partial charge on any atom is 0.227 e. The maximum absolute atomic E-state index is 13.3. The number of halogens is 1. The quantitative estimate of drug-likeness (QED) is 0.311. The molecule has 1 aromatic heterocycles. The number of amides is 1. The van der Waals surface area contributed by atoms with Gasteiger partial charge in [0.2, 0.25) is 5.91 Å². The molecular weight excluding hydrogens is 479 g/mol. The zero-order valence-corrected chi connectivity index (χ0v) is 21.9. The van der Waals surface area contributed by atoms with Gasteiger partial charge in [0.15, 0.2) is 0 Å². The van der Waals surface area contributed by atoms with Crippen LogP contribution in [-0.4, -0.2) is 45.7 Å². The fraction of sp³-hybridized carbons (Fsp3) is 0.290. The number of nitrogens with zero attached hydrogens (tertiary/aromatic N) is 4. The second kappa shape index (κ2) is 11.6. The van der Waals surface area contributed by atoms with Gasteiger partial charge in [0.1, 0.15) is 11.6 Å². The minimum absolute atomic E-state index is 0.00742. The van der Waals surface area contributed by atoms with Crippen LogP contribution in [0.4, 0.5) is 4.39 Å². The summed E-state index contributed by atoms with van der Waals surface area (Å²) in [5.74, 6) is 0.560. The lowest BCUT2D eigenvalue weighted by atomic mass is 10.0. The first-order chi connectivity index (χ1) is 18.5. The molecule has 0 saturated carbocycles. The first-order valence-electron chi connectivity index (χ1n) is 13.1. The molecular formula is C31H33FN4O2. The average molecular weight is 513 g/mol. The van der Waals surface area contributed by atoms with Gasteiger partial charge in [-0.15, -0.1) is 0 Å². The van der Waals surface area contributed by atoms with Gasteiger partial charge < -0.3 is 9.64 Å². The van der Waals surface area contributed by atoms with Crippen LogP contribution in [0.5, 0.6) is 5.75 Å². The molecule has 0 atom stereocenters. The van der Waals surface area contributed by atoms with Crippen LogP contribution < -0.4 is 4.74 Å². The van der Waals surface area contributed by atoms with Crippen molar-refractivity contribution < 1.29 is 13.9 Å². The van der Waals surface area contributed by atoms with Crippen LogP contribution in [0.3, 0.4) is 0 Å². The molecule has 38 heavy (non-hydrogen) atoms. The molecule has 0 unspecified atom stereocenters. The molecule has 6 nitrogen and oxygen atoms in total. The van der Waals surface area contributed by atoms with E-state index in [1.165, 1.54) is 29.0 Å². The first-order valence-corrected chi connectivity index (χ1v) is 13.1. The Morgan fingerprint density at radius 2 is 1.71 bits per heavy atom. The highest BCUT2D eigenvalue weighted by atomic mass is 19.1. The molecule has 1 aliphatic heterocycles. The largest absolute Gasteiger partial charge is 0.497 e. The Hall–Kier alpha value is -3.97. The Balaban J connectivity index is 1.39. The molecule has 196 valence electrons. The predicted molar refractivity (Wildman–Crippen MR) is 146 cm³/mol. The Morgan fingerprint density at radius 3 is 2.39 bits per heavy atom. The third kappa shape index (κ3) is 5.78. The third-order valence-corrected chi connectivity index (χ3v) is 7.13. The molecule has 4 aromatic rings. The molecule has 0 bridgehead atoms. The highest BCUT2D eigenvalue weighted by Gasteiger charge is 2.27. The van der Waals surface area contributed by atoms with Gasteiger partial charge in [0.25, 0.3) is 0 Å². The number of likely N-dealkylation sites (N-methyl/N-ethyl adjacent to an activating group) is 1. The zero-order valence-electron chi connectivity index (χ0n) is 21.9. The van der Waals surface area contributed by atoms with Crippen LogP contribution in [0.15, 0.2) is 78.9 Å². The van der Waals surface area contributed by atoms with E-state index in [1.807, 2.05) is 46.8 Å². The van der Waals surface area contributed by atoms with E-state index in [0.717, 1.165) is 48.7 Å². The van der Waals surface area contributed by atoms with Gasteiger partial charge >= 0.3 is 0 Å². The lowest BCUT2D eigenvalue weighted by Crippen LogP contribution is -2.33. The summed E-state index contributed by atoms with van der Waals surface area (Å²) in [7, 11) is 1.68. The van der Waals surface area contributed by atoms with Gasteiger partial charge in [-0.05, 0) is 54.4 Å². The Bertz CT molecular complexity index is 1370. The van der Waals surface area contributed by atoms with Gasteiger partial charge in [-0.1, -0.05) is 42.5 Å². The van der Waals surface area contributed by atoms with E-state index in [-0.39, 0.29) is 18.1 Å². The van der Waals surface area contributed by atoms with Crippen molar-refractivity contribution in [2.24, 2.45) is 0 Å². The molecule has 5 rings (SSSR count). The summed E-state index contributed by atoms with van der Waals surface area (Å²) >= 11 is 0. The molecule has 0 spiro atoms. The second-order valence-corrected chi connectivity index (χ2v) is 9.64. The topological polar surface area (TPSA) is 50.6 Å². The molecule has 1 aliphatic rings. The van der Waals surface area contributed by atoms with Crippen molar-refractivity contribution in [2.75, 3.05) is 20.2 Å². The van der Waals surface area contributed by atoms with E-state index in [4.69, 9.17) is 9.84 Å². The number of aromatic nitrogens is 2. The van der Waals surface area contributed by atoms with Crippen LogP contribution in [0.1, 0.15) is 35.0 Å². The van der Waals surface area contributed by atoms with E-state index in [2.05, 4.69) is 29.2 Å². The number of ether oxygens (including phenoxy) is 1. The molecule has 0 N–H and O–H groups in total. The highest BCUT2D eigenvalue weighted by Crippen LogP contribution is 2.28. The Kier molecular flexibility index (Phi) is 7.84. The van der Waals surface area contributed by atoms with Crippen LogP contribution in [-0.2, 0) is 37.3 Å². The SMILES string of the molecule is CCN(Cc1nn(-c2ccccc2)c2c1CN(Cc1ccc(OC)cc1)CC2)C(=O)Cc1ccc(F)cc1. The summed E-state index contributed by atoms with van der Waals surface area (Å²) in [6, 6.07) is 24.5. The Morgan fingerprint density at radius 1 is 1.00 bits per heavy atom. The van der Waals surface area contributed by atoms with E-state index >= 15 is 0 Å². The smallest absolute Gasteiger partial charge is 0.227 e. The maximum atomic E-state index is 13.3. The summed E-state index contributed by atoms with van der Waals surface area (Å²) < 4.78 is 20.7. The average Bonchev–Trinajstić information content (AvgIpc) is 3.31. The van der Waals surface area contributed by atoms with Gasteiger partial charge in [0, 0.05) is 38.2 Å². The van der Waals surface area contributed by atoms with Gasteiger partial charge in [-0.3, -0.25) is 9.69 Å². The van der Waals surface area contributed by atoms with Gasteiger partial charge in [-0.25, -0.2) is 9.07 Å². The predicted octanol–water partition coefficient (Wildman–Crippen LogP) is 5.17. The monoisotopic (exact) mass is 512 g/mol. The summed E-state index contributed by atoms with van der Waals surface area (Å²) in [5.41, 5.74) is 6.39. The van der Waals surface area contributed by atoms with Crippen LogP contribution in [0.25, 0.3) is 5.69 Å². The van der Waals surface area contributed by atoms with Crippen molar-refractivity contribution in [3.05, 3.63) is 113 Å². The number of hydrogen-bond acceptors (Lipinski definition) is 4. The van der Waals surface area contributed by atoms with Gasteiger partial charge in [-0.2, -0.15) is 5.10 Å². The summed E-state index contributed by atoms with van der Waals surface area (Å²) in [6.45, 7) is 5.53. The van der Waals surface area contributed by atoms with Crippen molar-refractivity contribution in [2.45, 2.75) is 39.4 Å². The third-order valence-electron chi connectivity index (χ3n) is 7.13. The van der Waals surface area contributed by atoms with Crippen LogP contribution in [0.2, 0.25) is 0 Å². The van der Waals surface area contributed by atoms with Crippen molar-refractivity contribution >= 4 is 5.91 Å². The number of fused-ring (bicyclic) bond motifs is 1. The van der Waals surface area contributed by atoms with Crippen molar-refractivity contribution in [3.63, 3.8) is 0 Å². The Labute approximate surface area is 223 Å². The van der Waals surface area contributed by atoms with E-state index in [9.17, 15) is 9.18 Å². The fourth-order valence-electron chi connectivity index (χ4n) is 5.02. The molecule has 0 aliphatic carbocycles. The van der Waals surface area contributed by atoms with Crippen LogP contribution in [0, 0.1) is 5.82 Å². The number of benzene rings is 3. The normalized spacial score (nSPS) is 13.2. The lowest BCUT2D eigenvalue weighted by Gasteiger charge is -2.28. The molecule has 0 radical (unpaired) electrons. The minimum Gasteiger partial charge on any atom is -0.497 e. The van der Waals surface area contributed by atoms with E-state index < -0.39 is 0 Å². The van der Waals surface area contributed by atoms with Crippen LogP contribution >= 0.6 is 0 Å². The lowest BCUT2D eigenvalue weighted by molar-refractivity contribution is -0.130. The van der Waals surface area contributed by atoms with E-state index in [0.29, 0.717) is 13.1 Å². The molecule has 0 saturated heterocycles. The van der Waals surface area contributed by atoms with Crippen molar-refractivity contribution in [1.29, 1.82) is 0 Å². The number of para-hydroxylation sites is 1. The standard InChI is InChI=1S/C31H33FN4O2/c1-3-35(31(37)19-23-9-13-25(32)14-10-23)22-29-28-21-34(20-24-11-15-27(38-2)16-12-24)18-17-30(28)36(33-29)26-7-5-4-6-8-26/h4-16H,3,17-22H2,1-2H3. The highest BCUT2D eigenvalue weighted by molar-refractivity contribution is 5.78. The number of methoxy groups -OCH3 is 1. The number of carbonyl (C=O) groups is 1. The summed E-state index contributed by atoms with van der Waals surface area (Å²) in [4.78, 5) is 17.5. The van der Waals surface area contributed by atoms with Gasteiger partial charge in [0.05, 0.1) is 37.2 Å². The van der Waals surface area contributed by atoms with Crippen molar-refractivity contribution in [3.8, 4) is 11.4 Å². The van der Waals surface area contributed by atoms with Crippen molar-refractivity contribution in [1.82, 2.24) is 19.6 Å². The number of hydrogen-bond donors (Lipinski definition) is 0. The molecule has 7 heteroatoms. The summed E-state index contributed by atoms with van der Waals surface area (Å²) in [5, 5.41) is 5.05. The summed E-state index contributed by atoms with van der Waals surface area (Å²) in [6.07, 6.45) is 1.11. The van der Waals surface area contributed by atoms with E-state index in [1.54, 1.807) is 19.2 Å². The molecule has 0 fully saturated rings. The number of rotatable bonds is 9. The first kappa shape index (κ1) is 25.7. The minimum atomic E-state index is -0.300. The number of carbonyl (C=O) groups excluding carboxylic acids is 1. The fourth-order valence-corrected chi connectivity index (χ4v) is 5.02.